The molecule has 1 aromatic rings. The van der Waals surface area contributed by atoms with Gasteiger partial charge in [-0.25, -0.2) is 0 Å². The molecule has 3 N–H and O–H groups in total. The fourth-order valence-electron chi connectivity index (χ4n) is 0.742. The van der Waals surface area contributed by atoms with Crippen LogP contribution in [0.5, 0.6) is 0 Å². The van der Waals surface area contributed by atoms with Crippen LogP contribution in [0.3, 0.4) is 0 Å². The van der Waals surface area contributed by atoms with Crippen molar-refractivity contribution in [3.63, 3.8) is 0 Å². The van der Waals surface area contributed by atoms with E-state index in [4.69, 9.17) is 10.8 Å². The first-order valence-electron chi connectivity index (χ1n) is 4.69. The standard InChI is InChI=1S/C6H7N.C5H12O/c7-6-4-2-1-3-5-6;1-3-5(6)4-2/h1-5H,7H2;5-6H,3-4H2,1-2H3. The van der Waals surface area contributed by atoms with Gasteiger partial charge in [-0.15, -0.1) is 0 Å². The van der Waals surface area contributed by atoms with Crippen LogP contribution in [0.4, 0.5) is 5.69 Å². The third-order valence-corrected chi connectivity index (χ3v) is 1.74. The molecule has 0 aliphatic carbocycles. The lowest BCUT2D eigenvalue weighted by atomic mass is 10.2. The van der Waals surface area contributed by atoms with Crippen LogP contribution in [0.2, 0.25) is 0 Å². The summed E-state index contributed by atoms with van der Waals surface area (Å²) in [5.74, 6) is 0. The summed E-state index contributed by atoms with van der Waals surface area (Å²) in [7, 11) is 0. The van der Waals surface area contributed by atoms with Crippen LogP contribution in [0, 0.1) is 0 Å². The van der Waals surface area contributed by atoms with Gasteiger partial charge < -0.3 is 10.8 Å². The molecule has 0 aliphatic rings. The van der Waals surface area contributed by atoms with E-state index >= 15 is 0 Å². The number of rotatable bonds is 2. The molecule has 0 unspecified atom stereocenters. The van der Waals surface area contributed by atoms with Crippen LogP contribution in [-0.4, -0.2) is 11.2 Å². The Hall–Kier alpha value is -1.02. The van der Waals surface area contributed by atoms with E-state index < -0.39 is 0 Å². The highest BCUT2D eigenvalue weighted by Gasteiger charge is 1.90. The number of para-hydroxylation sites is 1. The van der Waals surface area contributed by atoms with Crippen LogP contribution < -0.4 is 5.73 Å². The summed E-state index contributed by atoms with van der Waals surface area (Å²) >= 11 is 0. The average molecular weight is 181 g/mol. The number of hydrogen-bond acceptors (Lipinski definition) is 2. The Balaban J connectivity index is 0.000000226. The first-order chi connectivity index (χ1) is 6.20. The lowest BCUT2D eigenvalue weighted by Crippen LogP contribution is -1.99. The maximum absolute atomic E-state index is 8.67. The van der Waals surface area contributed by atoms with E-state index in [0.29, 0.717) is 0 Å². The minimum absolute atomic E-state index is 0.0648. The molecule has 0 saturated carbocycles. The monoisotopic (exact) mass is 181 g/mol. The van der Waals surface area contributed by atoms with Crippen LogP contribution in [0.25, 0.3) is 0 Å². The van der Waals surface area contributed by atoms with Crippen LogP contribution >= 0.6 is 0 Å². The number of nitrogens with two attached hydrogens (primary N) is 1. The lowest BCUT2D eigenvalue weighted by molar-refractivity contribution is 0.166. The zero-order valence-electron chi connectivity index (χ0n) is 8.40. The third-order valence-electron chi connectivity index (χ3n) is 1.74. The molecule has 2 nitrogen and oxygen atoms in total. The summed E-state index contributed by atoms with van der Waals surface area (Å²) in [6, 6.07) is 9.49. The molecule has 1 aromatic carbocycles. The maximum Gasteiger partial charge on any atom is 0.0535 e. The highest BCUT2D eigenvalue weighted by atomic mass is 16.3. The van der Waals surface area contributed by atoms with Gasteiger partial charge in [0.25, 0.3) is 0 Å². The quantitative estimate of drug-likeness (QED) is 0.688. The first-order valence-corrected chi connectivity index (χ1v) is 4.69. The Bertz CT molecular complexity index is 195. The van der Waals surface area contributed by atoms with Gasteiger partial charge in [0, 0.05) is 5.69 Å². The van der Waals surface area contributed by atoms with Gasteiger partial charge in [0.2, 0.25) is 0 Å². The largest absolute Gasteiger partial charge is 0.399 e. The van der Waals surface area contributed by atoms with E-state index in [1.165, 1.54) is 0 Å². The predicted octanol–water partition coefficient (Wildman–Crippen LogP) is 2.44. The van der Waals surface area contributed by atoms with E-state index in [2.05, 4.69) is 0 Å². The van der Waals surface area contributed by atoms with Gasteiger partial charge in [0.15, 0.2) is 0 Å². The summed E-state index contributed by atoms with van der Waals surface area (Å²) in [5, 5.41) is 8.67. The smallest absolute Gasteiger partial charge is 0.0535 e. The van der Waals surface area contributed by atoms with Crippen molar-refractivity contribution in [1.29, 1.82) is 0 Å². The molecule has 0 saturated heterocycles. The molecule has 0 radical (unpaired) electrons. The van der Waals surface area contributed by atoms with Gasteiger partial charge in [0.05, 0.1) is 6.10 Å². The first kappa shape index (κ1) is 12.0. The minimum Gasteiger partial charge on any atom is -0.399 e. The van der Waals surface area contributed by atoms with Crippen LogP contribution in [0.1, 0.15) is 26.7 Å². The molecule has 0 heterocycles. The Morgan fingerprint density at radius 2 is 1.62 bits per heavy atom. The lowest BCUT2D eigenvalue weighted by Gasteiger charge is -1.98. The molecule has 0 atom stereocenters. The zero-order valence-corrected chi connectivity index (χ0v) is 8.40. The van der Waals surface area contributed by atoms with Crippen molar-refractivity contribution in [2.24, 2.45) is 0 Å². The van der Waals surface area contributed by atoms with Gasteiger partial charge in [-0.05, 0) is 25.0 Å². The predicted molar refractivity (Wildman–Crippen MR) is 57.4 cm³/mol. The Kier molecular flexibility index (Phi) is 7.02. The normalized spacial score (nSPS) is 9.23. The summed E-state index contributed by atoms with van der Waals surface area (Å²) < 4.78 is 0. The van der Waals surface area contributed by atoms with E-state index in [1.54, 1.807) is 0 Å². The molecule has 0 spiro atoms. The van der Waals surface area contributed by atoms with Gasteiger partial charge in [0.1, 0.15) is 0 Å². The Morgan fingerprint density at radius 3 is 1.77 bits per heavy atom. The molecule has 74 valence electrons. The fourth-order valence-corrected chi connectivity index (χ4v) is 0.742. The van der Waals surface area contributed by atoms with Crippen molar-refractivity contribution in [2.75, 3.05) is 5.73 Å². The third kappa shape index (κ3) is 7.34. The Labute approximate surface area is 80.4 Å². The number of anilines is 1. The molecule has 0 aromatic heterocycles. The Morgan fingerprint density at radius 1 is 1.15 bits per heavy atom. The number of aliphatic hydroxyl groups excluding tert-OH is 1. The van der Waals surface area contributed by atoms with Crippen molar-refractivity contribution < 1.29 is 5.11 Å². The fraction of sp³-hybridized carbons (Fsp3) is 0.455. The van der Waals surface area contributed by atoms with E-state index in [9.17, 15) is 0 Å². The average Bonchev–Trinajstić information content (AvgIpc) is 2.19. The van der Waals surface area contributed by atoms with Gasteiger partial charge in [-0.3, -0.25) is 0 Å². The van der Waals surface area contributed by atoms with Crippen LogP contribution in [-0.2, 0) is 0 Å². The number of benzene rings is 1. The number of hydrogen-bond donors (Lipinski definition) is 2. The summed E-state index contributed by atoms with van der Waals surface area (Å²) in [5.41, 5.74) is 6.18. The maximum atomic E-state index is 8.67. The molecule has 1 rings (SSSR count). The molecule has 13 heavy (non-hydrogen) atoms. The molecule has 0 bridgehead atoms. The second-order valence-corrected chi connectivity index (χ2v) is 2.88. The molecular weight excluding hydrogens is 162 g/mol. The SMILES string of the molecule is CCC(O)CC.Nc1ccccc1. The van der Waals surface area contributed by atoms with Crippen molar-refractivity contribution in [1.82, 2.24) is 0 Å². The van der Waals surface area contributed by atoms with Crippen molar-refractivity contribution in [3.8, 4) is 0 Å². The molecule has 0 aliphatic heterocycles. The van der Waals surface area contributed by atoms with E-state index in [0.717, 1.165) is 18.5 Å². The van der Waals surface area contributed by atoms with E-state index in [-0.39, 0.29) is 6.10 Å². The van der Waals surface area contributed by atoms with Gasteiger partial charge in [-0.2, -0.15) is 0 Å². The topological polar surface area (TPSA) is 46.2 Å². The van der Waals surface area contributed by atoms with Crippen molar-refractivity contribution in [3.05, 3.63) is 30.3 Å². The molecular formula is C11H19NO. The molecule has 0 fully saturated rings. The highest BCUT2D eigenvalue weighted by molar-refractivity contribution is 5.35. The van der Waals surface area contributed by atoms with Crippen molar-refractivity contribution in [2.45, 2.75) is 32.8 Å². The second-order valence-electron chi connectivity index (χ2n) is 2.88. The molecule has 2 heteroatoms. The molecule has 0 amide bonds. The highest BCUT2D eigenvalue weighted by Crippen LogP contribution is 1.95. The number of nitrogen functional groups attached to an aromatic ring is 1. The minimum atomic E-state index is -0.0648. The summed E-state index contributed by atoms with van der Waals surface area (Å²) in [6.45, 7) is 3.96. The van der Waals surface area contributed by atoms with E-state index in [1.807, 2.05) is 44.2 Å². The van der Waals surface area contributed by atoms with Crippen molar-refractivity contribution >= 4 is 5.69 Å². The van der Waals surface area contributed by atoms with Gasteiger partial charge >= 0.3 is 0 Å². The second kappa shape index (κ2) is 7.62. The number of aliphatic hydroxyl groups is 1. The summed E-state index contributed by atoms with van der Waals surface area (Å²) in [4.78, 5) is 0. The van der Waals surface area contributed by atoms with Gasteiger partial charge in [-0.1, -0.05) is 32.0 Å². The van der Waals surface area contributed by atoms with Crippen LogP contribution in [0.15, 0.2) is 30.3 Å². The zero-order chi connectivity index (χ0) is 10.1. The summed E-state index contributed by atoms with van der Waals surface area (Å²) in [6.07, 6.45) is 1.71.